The fourth-order valence-electron chi connectivity index (χ4n) is 2.42. The number of ether oxygens (including phenoxy) is 2. The zero-order valence-electron chi connectivity index (χ0n) is 13.2. The number of rotatable bonds is 6. The number of methoxy groups -OCH3 is 1. The smallest absolute Gasteiger partial charge is 0.119 e. The van der Waals surface area contributed by atoms with Gasteiger partial charge in [-0.15, -0.1) is 0 Å². The Bertz CT molecular complexity index is 716. The summed E-state index contributed by atoms with van der Waals surface area (Å²) < 4.78 is 11.0. The molecule has 2 heteroatoms. The maximum absolute atomic E-state index is 5.81. The second-order valence-corrected chi connectivity index (χ2v) is 5.44. The van der Waals surface area contributed by atoms with Gasteiger partial charge in [0.2, 0.25) is 0 Å². The summed E-state index contributed by atoms with van der Waals surface area (Å²) in [4.78, 5) is 0. The quantitative estimate of drug-likeness (QED) is 0.647. The van der Waals surface area contributed by atoms with Gasteiger partial charge >= 0.3 is 0 Å². The third-order valence-corrected chi connectivity index (χ3v) is 3.74. The van der Waals surface area contributed by atoms with E-state index in [1.165, 1.54) is 16.7 Å². The molecule has 0 fully saturated rings. The van der Waals surface area contributed by atoms with Crippen LogP contribution in [0.3, 0.4) is 0 Å². The summed E-state index contributed by atoms with van der Waals surface area (Å²) in [5, 5.41) is 0. The fourth-order valence-corrected chi connectivity index (χ4v) is 2.42. The van der Waals surface area contributed by atoms with Gasteiger partial charge in [-0.25, -0.2) is 0 Å². The van der Waals surface area contributed by atoms with E-state index in [-0.39, 0.29) is 0 Å². The first-order valence-electron chi connectivity index (χ1n) is 7.72. The molecule has 0 amide bonds. The Kier molecular flexibility index (Phi) is 4.95. The minimum atomic E-state index is 0.596. The molecule has 3 aromatic rings. The van der Waals surface area contributed by atoms with Crippen LogP contribution in [0.4, 0.5) is 0 Å². The molecule has 0 radical (unpaired) electrons. The Morgan fingerprint density at radius 2 is 1.17 bits per heavy atom. The van der Waals surface area contributed by atoms with Gasteiger partial charge in [-0.2, -0.15) is 0 Å². The summed E-state index contributed by atoms with van der Waals surface area (Å²) in [6, 6.07) is 26.7. The van der Waals surface area contributed by atoms with Gasteiger partial charge in [-0.05, 0) is 47.4 Å². The second kappa shape index (κ2) is 7.50. The molecule has 0 unspecified atom stereocenters. The van der Waals surface area contributed by atoms with Crippen LogP contribution in [0.2, 0.25) is 0 Å². The van der Waals surface area contributed by atoms with Crippen molar-refractivity contribution in [2.45, 2.75) is 13.0 Å². The van der Waals surface area contributed by atoms with E-state index in [0.29, 0.717) is 6.61 Å². The van der Waals surface area contributed by atoms with Crippen LogP contribution < -0.4 is 9.47 Å². The van der Waals surface area contributed by atoms with Crippen LogP contribution in [-0.2, 0) is 13.0 Å². The maximum atomic E-state index is 5.81. The summed E-state index contributed by atoms with van der Waals surface area (Å²) in [6.07, 6.45) is 0.906. The van der Waals surface area contributed by atoms with Crippen molar-refractivity contribution in [3.8, 4) is 11.5 Å². The molecule has 0 aliphatic heterocycles. The summed E-state index contributed by atoms with van der Waals surface area (Å²) in [6.45, 7) is 0.596. The molecule has 0 saturated carbocycles. The molecule has 0 spiro atoms. The van der Waals surface area contributed by atoms with E-state index in [4.69, 9.17) is 9.47 Å². The van der Waals surface area contributed by atoms with Crippen molar-refractivity contribution in [1.29, 1.82) is 0 Å². The summed E-state index contributed by atoms with van der Waals surface area (Å²) in [5.41, 5.74) is 3.71. The van der Waals surface area contributed by atoms with E-state index >= 15 is 0 Å². The van der Waals surface area contributed by atoms with Crippen molar-refractivity contribution in [1.82, 2.24) is 0 Å². The summed E-state index contributed by atoms with van der Waals surface area (Å²) >= 11 is 0. The highest BCUT2D eigenvalue weighted by atomic mass is 16.5. The molecule has 0 atom stereocenters. The predicted octanol–water partition coefficient (Wildman–Crippen LogP) is 4.87. The topological polar surface area (TPSA) is 18.5 Å². The van der Waals surface area contributed by atoms with E-state index in [9.17, 15) is 0 Å². The molecule has 0 saturated heterocycles. The van der Waals surface area contributed by atoms with Crippen molar-refractivity contribution >= 4 is 0 Å². The molecule has 0 heterocycles. The van der Waals surface area contributed by atoms with Gasteiger partial charge in [0.1, 0.15) is 18.1 Å². The molecule has 2 nitrogen and oxygen atoms in total. The van der Waals surface area contributed by atoms with E-state index in [0.717, 1.165) is 17.9 Å². The largest absolute Gasteiger partial charge is 0.497 e. The lowest BCUT2D eigenvalue weighted by Crippen LogP contribution is -1.95. The Morgan fingerprint density at radius 1 is 0.609 bits per heavy atom. The van der Waals surface area contributed by atoms with Gasteiger partial charge in [0.15, 0.2) is 0 Å². The third-order valence-electron chi connectivity index (χ3n) is 3.74. The van der Waals surface area contributed by atoms with Crippen molar-refractivity contribution in [3.05, 3.63) is 95.6 Å². The molecular weight excluding hydrogens is 284 g/mol. The highest BCUT2D eigenvalue weighted by molar-refractivity contribution is 5.34. The minimum absolute atomic E-state index is 0.596. The molecule has 0 aliphatic rings. The first-order valence-corrected chi connectivity index (χ1v) is 7.72. The van der Waals surface area contributed by atoms with Crippen LogP contribution in [0.25, 0.3) is 0 Å². The molecule has 0 aliphatic carbocycles. The first-order chi connectivity index (χ1) is 11.3. The van der Waals surface area contributed by atoms with Gasteiger partial charge in [0.05, 0.1) is 7.11 Å². The van der Waals surface area contributed by atoms with Crippen LogP contribution in [0.15, 0.2) is 78.9 Å². The van der Waals surface area contributed by atoms with E-state index < -0.39 is 0 Å². The fraction of sp³-hybridized carbons (Fsp3) is 0.143. The monoisotopic (exact) mass is 304 g/mol. The maximum Gasteiger partial charge on any atom is 0.119 e. The molecule has 116 valence electrons. The van der Waals surface area contributed by atoms with Crippen molar-refractivity contribution in [2.75, 3.05) is 7.11 Å². The van der Waals surface area contributed by atoms with E-state index in [2.05, 4.69) is 36.4 Å². The van der Waals surface area contributed by atoms with Crippen molar-refractivity contribution in [2.24, 2.45) is 0 Å². The lowest BCUT2D eigenvalue weighted by Gasteiger charge is -2.08. The Labute approximate surface area is 137 Å². The zero-order chi connectivity index (χ0) is 15.9. The van der Waals surface area contributed by atoms with Gasteiger partial charge in [-0.3, -0.25) is 0 Å². The van der Waals surface area contributed by atoms with Crippen LogP contribution in [0.1, 0.15) is 16.7 Å². The normalized spacial score (nSPS) is 10.3. The van der Waals surface area contributed by atoms with Crippen LogP contribution in [-0.4, -0.2) is 7.11 Å². The highest BCUT2D eigenvalue weighted by Gasteiger charge is 2.00. The summed E-state index contributed by atoms with van der Waals surface area (Å²) in [5.74, 6) is 1.78. The number of hydrogen-bond donors (Lipinski definition) is 0. The molecule has 3 rings (SSSR count). The predicted molar refractivity (Wildman–Crippen MR) is 93.0 cm³/mol. The molecule has 0 N–H and O–H groups in total. The Morgan fingerprint density at radius 3 is 1.74 bits per heavy atom. The van der Waals surface area contributed by atoms with E-state index in [1.54, 1.807) is 7.11 Å². The molecular formula is C21H20O2. The molecule has 23 heavy (non-hydrogen) atoms. The van der Waals surface area contributed by atoms with Gasteiger partial charge < -0.3 is 9.47 Å². The first kappa shape index (κ1) is 15.2. The minimum Gasteiger partial charge on any atom is -0.497 e. The lowest BCUT2D eigenvalue weighted by atomic mass is 10.0. The third kappa shape index (κ3) is 4.36. The average Bonchev–Trinajstić information content (AvgIpc) is 2.63. The van der Waals surface area contributed by atoms with Gasteiger partial charge in [-0.1, -0.05) is 54.6 Å². The van der Waals surface area contributed by atoms with Crippen LogP contribution in [0, 0.1) is 0 Å². The van der Waals surface area contributed by atoms with E-state index in [1.807, 2.05) is 42.5 Å². The second-order valence-electron chi connectivity index (χ2n) is 5.44. The Balaban J connectivity index is 1.58. The van der Waals surface area contributed by atoms with Crippen molar-refractivity contribution in [3.63, 3.8) is 0 Å². The molecule has 0 bridgehead atoms. The number of benzene rings is 3. The standard InChI is InChI=1S/C21H20O2/c1-22-20-11-7-17(8-12-20)15-18-9-13-21(14-10-18)23-16-19-5-3-2-4-6-19/h2-14H,15-16H2,1H3. The number of hydrogen-bond acceptors (Lipinski definition) is 2. The Hall–Kier alpha value is -2.74. The van der Waals surface area contributed by atoms with Crippen LogP contribution in [0.5, 0.6) is 11.5 Å². The van der Waals surface area contributed by atoms with Gasteiger partial charge in [0.25, 0.3) is 0 Å². The zero-order valence-corrected chi connectivity index (χ0v) is 13.2. The molecule has 3 aromatic carbocycles. The summed E-state index contributed by atoms with van der Waals surface area (Å²) in [7, 11) is 1.68. The molecule has 0 aromatic heterocycles. The van der Waals surface area contributed by atoms with Crippen molar-refractivity contribution < 1.29 is 9.47 Å². The van der Waals surface area contributed by atoms with Gasteiger partial charge in [0, 0.05) is 0 Å². The van der Waals surface area contributed by atoms with Crippen LogP contribution >= 0.6 is 0 Å². The average molecular weight is 304 g/mol. The highest BCUT2D eigenvalue weighted by Crippen LogP contribution is 2.18. The lowest BCUT2D eigenvalue weighted by molar-refractivity contribution is 0.306. The SMILES string of the molecule is COc1ccc(Cc2ccc(OCc3ccccc3)cc2)cc1.